The molecular formula is C24H23BFNO2. The highest BCUT2D eigenvalue weighted by Crippen LogP contribution is 2.26. The van der Waals surface area contributed by atoms with Gasteiger partial charge in [-0.05, 0) is 47.6 Å². The van der Waals surface area contributed by atoms with Crippen molar-refractivity contribution in [2.45, 2.75) is 25.5 Å². The van der Waals surface area contributed by atoms with E-state index in [1.807, 2.05) is 67.6 Å². The maximum atomic E-state index is 14.0. The van der Waals surface area contributed by atoms with Crippen LogP contribution in [-0.4, -0.2) is 19.9 Å². The van der Waals surface area contributed by atoms with E-state index in [1.165, 1.54) is 12.1 Å². The molecule has 5 heteroatoms. The molecule has 1 aliphatic rings. The van der Waals surface area contributed by atoms with Crippen LogP contribution in [0.4, 0.5) is 4.39 Å². The van der Waals surface area contributed by atoms with Crippen molar-refractivity contribution in [3.63, 3.8) is 0 Å². The highest BCUT2D eigenvalue weighted by Gasteiger charge is 2.32. The molecule has 0 saturated carbocycles. The second-order valence-corrected chi connectivity index (χ2v) is 7.16. The van der Waals surface area contributed by atoms with Crippen molar-refractivity contribution >= 4 is 18.8 Å². The van der Waals surface area contributed by atoms with Gasteiger partial charge in [0.1, 0.15) is 5.82 Å². The molecule has 0 amide bonds. The van der Waals surface area contributed by atoms with Crippen LogP contribution in [0.25, 0.3) is 0 Å². The van der Waals surface area contributed by atoms with Crippen LogP contribution >= 0.6 is 0 Å². The third-order valence-electron chi connectivity index (χ3n) is 5.13. The molecule has 3 aromatic carbocycles. The fourth-order valence-electron chi connectivity index (χ4n) is 3.49. The van der Waals surface area contributed by atoms with Gasteiger partial charge in [-0.15, -0.1) is 0 Å². The topological polar surface area (TPSA) is 30.8 Å². The zero-order valence-electron chi connectivity index (χ0n) is 16.4. The van der Waals surface area contributed by atoms with Crippen LogP contribution in [0, 0.1) is 5.82 Å². The summed E-state index contributed by atoms with van der Waals surface area (Å²) in [5, 5.41) is 0. The number of rotatable bonds is 5. The van der Waals surface area contributed by atoms with Crippen molar-refractivity contribution in [1.29, 1.82) is 0 Å². The van der Waals surface area contributed by atoms with Crippen LogP contribution in [0.3, 0.4) is 0 Å². The minimum Gasteiger partial charge on any atom is -0.407 e. The van der Waals surface area contributed by atoms with E-state index in [1.54, 1.807) is 12.3 Å². The predicted octanol–water partition coefficient (Wildman–Crippen LogP) is 4.88. The molecule has 0 aromatic heterocycles. The molecule has 1 fully saturated rings. The first-order valence-corrected chi connectivity index (χ1v) is 9.90. The Morgan fingerprint density at radius 3 is 2.52 bits per heavy atom. The minimum atomic E-state index is -0.627. The zero-order valence-corrected chi connectivity index (χ0v) is 16.4. The van der Waals surface area contributed by atoms with Crippen LogP contribution in [0.15, 0.2) is 83.9 Å². The molecule has 0 bridgehead atoms. The molecule has 3 nitrogen and oxygen atoms in total. The molecule has 29 heavy (non-hydrogen) atoms. The van der Waals surface area contributed by atoms with Crippen LogP contribution in [0.2, 0.25) is 0 Å². The summed E-state index contributed by atoms with van der Waals surface area (Å²) in [5.41, 5.74) is 3.69. The van der Waals surface area contributed by atoms with Gasteiger partial charge < -0.3 is 9.31 Å². The summed E-state index contributed by atoms with van der Waals surface area (Å²) >= 11 is 0. The van der Waals surface area contributed by atoms with Gasteiger partial charge in [0, 0.05) is 12.8 Å². The number of benzene rings is 3. The van der Waals surface area contributed by atoms with Crippen LogP contribution in [0.5, 0.6) is 0 Å². The first kappa shape index (κ1) is 19.6. The van der Waals surface area contributed by atoms with Crippen molar-refractivity contribution < 1.29 is 13.7 Å². The van der Waals surface area contributed by atoms with Crippen LogP contribution in [0.1, 0.15) is 42.2 Å². The fourth-order valence-corrected chi connectivity index (χ4v) is 3.49. The van der Waals surface area contributed by atoms with E-state index < -0.39 is 7.12 Å². The Bertz CT molecular complexity index is 965. The van der Waals surface area contributed by atoms with Gasteiger partial charge in [-0.25, -0.2) is 4.39 Å². The van der Waals surface area contributed by atoms with Crippen molar-refractivity contribution in [3.8, 4) is 0 Å². The van der Waals surface area contributed by atoms with Gasteiger partial charge >= 0.3 is 7.12 Å². The molecule has 3 aromatic rings. The Morgan fingerprint density at radius 2 is 1.76 bits per heavy atom. The maximum absolute atomic E-state index is 14.0. The normalized spacial score (nSPS) is 18.1. The largest absolute Gasteiger partial charge is 0.495 e. The second-order valence-electron chi connectivity index (χ2n) is 7.16. The van der Waals surface area contributed by atoms with E-state index in [9.17, 15) is 4.39 Å². The van der Waals surface area contributed by atoms with Crippen molar-refractivity contribution in [1.82, 2.24) is 0 Å². The number of aliphatic imine (C=N–C) groups is 1. The number of halogens is 1. The second kappa shape index (κ2) is 9.16. The number of nitrogens with zero attached hydrogens (tertiary/aromatic N) is 1. The third kappa shape index (κ3) is 4.81. The Balaban J connectivity index is 1.57. The Labute approximate surface area is 171 Å². The van der Waals surface area contributed by atoms with Crippen molar-refractivity contribution in [2.24, 2.45) is 4.99 Å². The molecule has 0 N–H and O–H groups in total. The molecule has 0 radical (unpaired) electrons. The minimum absolute atomic E-state index is 0.000590. The predicted molar refractivity (Wildman–Crippen MR) is 115 cm³/mol. The molecule has 2 atom stereocenters. The maximum Gasteiger partial charge on any atom is 0.495 e. The lowest BCUT2D eigenvalue weighted by Gasteiger charge is -2.29. The molecule has 1 heterocycles. The Hall–Kier alpha value is -2.76. The summed E-state index contributed by atoms with van der Waals surface area (Å²) in [6, 6.07) is 24.8. The summed E-state index contributed by atoms with van der Waals surface area (Å²) < 4.78 is 26.1. The molecule has 4 rings (SSSR count). The van der Waals surface area contributed by atoms with E-state index in [2.05, 4.69) is 4.99 Å². The van der Waals surface area contributed by atoms with Crippen LogP contribution < -0.4 is 5.46 Å². The lowest BCUT2D eigenvalue weighted by atomic mass is 9.74. The summed E-state index contributed by atoms with van der Waals surface area (Å²) in [6.45, 7) is 2.59. The van der Waals surface area contributed by atoms with Gasteiger partial charge in [0.2, 0.25) is 0 Å². The van der Waals surface area contributed by atoms with Gasteiger partial charge in [-0.2, -0.15) is 0 Å². The van der Waals surface area contributed by atoms with Gasteiger partial charge in [-0.3, -0.25) is 4.99 Å². The van der Waals surface area contributed by atoms with Gasteiger partial charge in [0.05, 0.1) is 12.1 Å². The molecular weight excluding hydrogens is 364 g/mol. The van der Waals surface area contributed by atoms with E-state index in [-0.39, 0.29) is 18.0 Å². The van der Waals surface area contributed by atoms with Crippen LogP contribution in [-0.2, 0) is 9.31 Å². The van der Waals surface area contributed by atoms with Gasteiger partial charge in [-0.1, -0.05) is 66.7 Å². The summed E-state index contributed by atoms with van der Waals surface area (Å²) in [7, 11) is -0.627. The smallest absolute Gasteiger partial charge is 0.407 e. The lowest BCUT2D eigenvalue weighted by Crippen LogP contribution is -2.44. The van der Waals surface area contributed by atoms with Gasteiger partial charge in [0.25, 0.3) is 0 Å². The summed E-state index contributed by atoms with van der Waals surface area (Å²) in [4.78, 5) is 4.67. The standard InChI is InChI=1S/C24H23BFNO2/c1-18(19-8-4-2-5-9-19)27-17-21-12-13-22(26)16-23(21)25-28-15-14-24(29-25)20-10-6-3-7-11-20/h2-13,16-18,24H,14-15H2,1H3/t18-,24+/m0/s1. The molecule has 146 valence electrons. The van der Waals surface area contributed by atoms with E-state index in [0.717, 1.165) is 23.1 Å². The zero-order chi connectivity index (χ0) is 20.1. The first-order chi connectivity index (χ1) is 14.2. The average Bonchev–Trinajstić information content (AvgIpc) is 2.79. The molecule has 0 spiro atoms. The van der Waals surface area contributed by atoms with E-state index >= 15 is 0 Å². The molecule has 0 aliphatic carbocycles. The quantitative estimate of drug-likeness (QED) is 0.462. The average molecular weight is 387 g/mol. The highest BCUT2D eigenvalue weighted by molar-refractivity contribution is 6.62. The van der Waals surface area contributed by atoms with Crippen molar-refractivity contribution in [2.75, 3.05) is 6.61 Å². The first-order valence-electron chi connectivity index (χ1n) is 9.90. The number of hydrogen-bond donors (Lipinski definition) is 0. The fraction of sp³-hybridized carbons (Fsp3) is 0.208. The van der Waals surface area contributed by atoms with E-state index in [0.29, 0.717) is 12.1 Å². The lowest BCUT2D eigenvalue weighted by molar-refractivity contribution is 0.0745. The molecule has 0 unspecified atom stereocenters. The summed E-state index contributed by atoms with van der Waals surface area (Å²) in [6.07, 6.45) is 2.47. The third-order valence-corrected chi connectivity index (χ3v) is 5.13. The van der Waals surface area contributed by atoms with Gasteiger partial charge in [0.15, 0.2) is 0 Å². The molecule has 1 aliphatic heterocycles. The SMILES string of the molecule is C[C@H](N=Cc1ccc(F)cc1B1OCC[C@H](c2ccccc2)O1)c1ccccc1. The Morgan fingerprint density at radius 1 is 1.03 bits per heavy atom. The van der Waals surface area contributed by atoms with Crippen molar-refractivity contribution in [3.05, 3.63) is 101 Å². The Kier molecular flexibility index (Phi) is 6.18. The molecule has 1 saturated heterocycles. The van der Waals surface area contributed by atoms with E-state index in [4.69, 9.17) is 9.31 Å². The number of hydrogen-bond acceptors (Lipinski definition) is 3. The highest BCUT2D eigenvalue weighted by atomic mass is 19.1. The summed E-state index contributed by atoms with van der Waals surface area (Å²) in [5.74, 6) is -0.317. The monoisotopic (exact) mass is 387 g/mol.